The van der Waals surface area contributed by atoms with Gasteiger partial charge in [0.15, 0.2) is 0 Å². The first-order chi connectivity index (χ1) is 12.0. The zero-order valence-electron chi connectivity index (χ0n) is 13.6. The van der Waals surface area contributed by atoms with E-state index in [-0.39, 0.29) is 5.91 Å². The molecule has 1 amide bonds. The van der Waals surface area contributed by atoms with Gasteiger partial charge >= 0.3 is 0 Å². The summed E-state index contributed by atoms with van der Waals surface area (Å²) < 4.78 is 5.47. The Bertz CT molecular complexity index is 1000. The van der Waals surface area contributed by atoms with Gasteiger partial charge in [-0.25, -0.2) is 4.98 Å². The van der Waals surface area contributed by atoms with Gasteiger partial charge in [-0.3, -0.25) is 4.79 Å². The number of nitrogens with zero attached hydrogens (tertiary/aromatic N) is 1. The van der Waals surface area contributed by atoms with Crippen LogP contribution in [0.2, 0.25) is 5.02 Å². The fourth-order valence-corrected chi connectivity index (χ4v) is 4.07. The molecule has 25 heavy (non-hydrogen) atoms. The lowest BCUT2D eigenvalue weighted by atomic mass is 10.1. The molecule has 0 bridgehead atoms. The molecule has 0 saturated carbocycles. The number of hydrogen-bond acceptors (Lipinski definition) is 5. The fraction of sp³-hybridized carbons (Fsp3) is 0.222. The number of carbonyl (C=O) groups is 1. The van der Waals surface area contributed by atoms with Crippen molar-refractivity contribution in [3.63, 3.8) is 0 Å². The number of pyridine rings is 1. The second-order valence-electron chi connectivity index (χ2n) is 5.96. The van der Waals surface area contributed by atoms with Crippen LogP contribution in [-0.2, 0) is 17.8 Å². The van der Waals surface area contributed by atoms with Crippen molar-refractivity contribution < 1.29 is 9.53 Å². The maximum absolute atomic E-state index is 12.7. The largest absolute Gasteiger partial charge is 0.397 e. The highest BCUT2D eigenvalue weighted by molar-refractivity contribution is 7.21. The number of nitrogen functional groups attached to an aromatic ring is 1. The van der Waals surface area contributed by atoms with Gasteiger partial charge in [0, 0.05) is 33.8 Å². The van der Waals surface area contributed by atoms with Gasteiger partial charge in [-0.1, -0.05) is 17.7 Å². The van der Waals surface area contributed by atoms with Crippen LogP contribution >= 0.6 is 22.9 Å². The summed E-state index contributed by atoms with van der Waals surface area (Å²) in [6.07, 6.45) is 0.784. The van der Waals surface area contributed by atoms with Gasteiger partial charge in [-0.2, -0.15) is 0 Å². The van der Waals surface area contributed by atoms with Gasteiger partial charge in [0.2, 0.25) is 0 Å². The first-order valence-corrected chi connectivity index (χ1v) is 9.09. The van der Waals surface area contributed by atoms with Crippen LogP contribution in [0.5, 0.6) is 0 Å². The van der Waals surface area contributed by atoms with Crippen LogP contribution in [0.1, 0.15) is 26.5 Å². The second-order valence-corrected chi connectivity index (χ2v) is 7.37. The minimum atomic E-state index is -0.250. The molecule has 0 radical (unpaired) electrons. The summed E-state index contributed by atoms with van der Waals surface area (Å²) in [5.41, 5.74) is 10.3. The predicted molar refractivity (Wildman–Crippen MR) is 102 cm³/mol. The number of thiophene rings is 1. The summed E-state index contributed by atoms with van der Waals surface area (Å²) >= 11 is 7.43. The third-order valence-electron chi connectivity index (χ3n) is 4.35. The molecule has 1 aliphatic heterocycles. The van der Waals surface area contributed by atoms with E-state index in [9.17, 15) is 4.79 Å². The lowest BCUT2D eigenvalue weighted by Crippen LogP contribution is -2.13. The molecule has 1 aliphatic rings. The van der Waals surface area contributed by atoms with Gasteiger partial charge in [0.25, 0.3) is 5.91 Å². The Balaban J connectivity index is 1.72. The molecular formula is C18H16ClN3O2S. The summed E-state index contributed by atoms with van der Waals surface area (Å²) in [5, 5.41) is 4.31. The topological polar surface area (TPSA) is 77.2 Å². The Morgan fingerprint density at radius 2 is 2.28 bits per heavy atom. The van der Waals surface area contributed by atoms with E-state index >= 15 is 0 Å². The molecule has 7 heteroatoms. The number of ether oxygens (including phenoxy) is 1. The normalized spacial score (nSPS) is 13.7. The first-order valence-electron chi connectivity index (χ1n) is 7.89. The van der Waals surface area contributed by atoms with Crippen molar-refractivity contribution in [2.45, 2.75) is 20.0 Å². The maximum Gasteiger partial charge on any atom is 0.267 e. The molecule has 4 rings (SSSR count). The Labute approximate surface area is 153 Å². The molecule has 128 valence electrons. The average molecular weight is 374 g/mol. The summed E-state index contributed by atoms with van der Waals surface area (Å²) in [6.45, 7) is 3.08. The van der Waals surface area contributed by atoms with Crippen molar-refractivity contribution in [3.05, 3.63) is 51.0 Å². The third-order valence-corrected chi connectivity index (χ3v) is 5.88. The number of amides is 1. The molecule has 5 nitrogen and oxygen atoms in total. The standard InChI is InChI=1S/C18H16ClN3O2S/c1-9-12(19)3-2-4-13(9)21-17(23)16-15(20)11-7-10-8-24-6-5-14(10)22-18(11)25-16/h2-4,7H,5-6,8,20H2,1H3,(H,21,23). The Hall–Kier alpha value is -2.15. The van der Waals surface area contributed by atoms with Gasteiger partial charge in [0.1, 0.15) is 9.71 Å². The van der Waals surface area contributed by atoms with Gasteiger partial charge < -0.3 is 15.8 Å². The predicted octanol–water partition coefficient (Wildman–Crippen LogP) is 4.17. The van der Waals surface area contributed by atoms with Crippen LogP contribution in [0.3, 0.4) is 0 Å². The van der Waals surface area contributed by atoms with E-state index in [1.165, 1.54) is 11.3 Å². The maximum atomic E-state index is 12.7. The number of carbonyl (C=O) groups excluding carboxylic acids is 1. The molecule has 0 unspecified atom stereocenters. The summed E-state index contributed by atoms with van der Waals surface area (Å²) in [6, 6.07) is 7.40. The van der Waals surface area contributed by atoms with E-state index in [2.05, 4.69) is 10.3 Å². The molecule has 0 atom stereocenters. The number of benzene rings is 1. The minimum absolute atomic E-state index is 0.250. The van der Waals surface area contributed by atoms with Gasteiger partial charge in [-0.15, -0.1) is 11.3 Å². The van der Waals surface area contributed by atoms with E-state index in [0.717, 1.165) is 33.5 Å². The van der Waals surface area contributed by atoms with E-state index in [1.807, 2.05) is 19.1 Å². The quantitative estimate of drug-likeness (QED) is 0.706. The summed E-state index contributed by atoms with van der Waals surface area (Å²) in [4.78, 5) is 18.6. The molecule has 3 aromatic rings. The Kier molecular flexibility index (Phi) is 4.11. The van der Waals surface area contributed by atoms with Crippen molar-refractivity contribution >= 4 is 50.4 Å². The van der Waals surface area contributed by atoms with Crippen molar-refractivity contribution in [2.75, 3.05) is 17.7 Å². The van der Waals surface area contributed by atoms with Gasteiger partial charge in [0.05, 0.1) is 18.9 Å². The van der Waals surface area contributed by atoms with Crippen molar-refractivity contribution in [2.24, 2.45) is 0 Å². The van der Waals surface area contributed by atoms with Crippen LogP contribution in [0.15, 0.2) is 24.3 Å². The number of hydrogen-bond donors (Lipinski definition) is 2. The number of nitrogens with one attached hydrogen (secondary N) is 1. The molecule has 0 aliphatic carbocycles. The average Bonchev–Trinajstić information content (AvgIpc) is 2.93. The van der Waals surface area contributed by atoms with Gasteiger partial charge in [-0.05, 0) is 30.7 Å². The van der Waals surface area contributed by atoms with Crippen molar-refractivity contribution in [1.82, 2.24) is 4.98 Å². The van der Waals surface area contributed by atoms with Crippen LogP contribution in [0.25, 0.3) is 10.2 Å². The van der Waals surface area contributed by atoms with E-state index in [0.29, 0.717) is 34.5 Å². The van der Waals surface area contributed by atoms with Crippen LogP contribution in [0.4, 0.5) is 11.4 Å². The zero-order valence-corrected chi connectivity index (χ0v) is 15.1. The fourth-order valence-electron chi connectivity index (χ4n) is 2.90. The minimum Gasteiger partial charge on any atom is -0.397 e. The third kappa shape index (κ3) is 2.86. The van der Waals surface area contributed by atoms with E-state index in [1.54, 1.807) is 12.1 Å². The number of aromatic nitrogens is 1. The zero-order chi connectivity index (χ0) is 17.6. The highest BCUT2D eigenvalue weighted by Crippen LogP contribution is 2.35. The highest BCUT2D eigenvalue weighted by atomic mass is 35.5. The Morgan fingerprint density at radius 1 is 1.44 bits per heavy atom. The van der Waals surface area contributed by atoms with Crippen molar-refractivity contribution in [3.8, 4) is 0 Å². The molecule has 1 aromatic carbocycles. The molecule has 3 N–H and O–H groups in total. The molecule has 0 spiro atoms. The second kappa shape index (κ2) is 6.29. The lowest BCUT2D eigenvalue weighted by Gasteiger charge is -2.15. The molecule has 3 heterocycles. The first kappa shape index (κ1) is 16.3. The van der Waals surface area contributed by atoms with Crippen LogP contribution < -0.4 is 11.1 Å². The molecular weight excluding hydrogens is 358 g/mol. The Morgan fingerprint density at radius 3 is 3.12 bits per heavy atom. The van der Waals surface area contributed by atoms with E-state index < -0.39 is 0 Å². The summed E-state index contributed by atoms with van der Waals surface area (Å²) in [7, 11) is 0. The number of rotatable bonds is 2. The van der Waals surface area contributed by atoms with Crippen LogP contribution in [-0.4, -0.2) is 17.5 Å². The highest BCUT2D eigenvalue weighted by Gasteiger charge is 2.21. The smallest absolute Gasteiger partial charge is 0.267 e. The summed E-state index contributed by atoms with van der Waals surface area (Å²) in [5.74, 6) is -0.250. The molecule has 0 fully saturated rings. The van der Waals surface area contributed by atoms with Crippen molar-refractivity contribution in [1.29, 1.82) is 0 Å². The number of fused-ring (bicyclic) bond motifs is 2. The van der Waals surface area contributed by atoms with E-state index in [4.69, 9.17) is 22.1 Å². The molecule has 2 aromatic heterocycles. The lowest BCUT2D eigenvalue weighted by molar-refractivity contribution is 0.103. The number of halogens is 1. The SMILES string of the molecule is Cc1c(Cl)cccc1NC(=O)c1sc2nc3c(cc2c1N)COCC3. The number of nitrogens with two attached hydrogens (primary N) is 1. The monoisotopic (exact) mass is 373 g/mol. The number of anilines is 2. The molecule has 0 saturated heterocycles. The van der Waals surface area contributed by atoms with Crippen LogP contribution in [0, 0.1) is 6.92 Å².